The summed E-state index contributed by atoms with van der Waals surface area (Å²) in [6, 6.07) is 5.69. The maximum absolute atomic E-state index is 12.8. The number of nitrogens with zero attached hydrogens (tertiary/aromatic N) is 1. The molecule has 2 amide bonds. The van der Waals surface area contributed by atoms with Crippen LogP contribution in [0.25, 0.3) is 0 Å². The number of rotatable bonds is 3. The van der Waals surface area contributed by atoms with Crippen LogP contribution < -0.4 is 5.32 Å². The molecule has 2 aliphatic heterocycles. The SMILES string of the molecule is COC(=O)C1=C(C)N([C@@H]2CCS(=O)(=O)C2)C(=O)N[C@@H]1c1ccccc1Br. The molecule has 1 aromatic carbocycles. The minimum atomic E-state index is -3.18. The second-order valence-electron chi connectivity index (χ2n) is 6.32. The molecule has 1 saturated heterocycles. The first-order valence-electron chi connectivity index (χ1n) is 8.09. The molecule has 2 atom stereocenters. The van der Waals surface area contributed by atoms with Gasteiger partial charge < -0.3 is 10.1 Å². The summed E-state index contributed by atoms with van der Waals surface area (Å²) in [7, 11) is -1.90. The third kappa shape index (κ3) is 3.37. The second-order valence-corrected chi connectivity index (χ2v) is 9.40. The van der Waals surface area contributed by atoms with Gasteiger partial charge in [-0.25, -0.2) is 18.0 Å². The van der Waals surface area contributed by atoms with Crippen LogP contribution in [0.4, 0.5) is 4.79 Å². The molecular weight excluding hydrogens is 424 g/mol. The van der Waals surface area contributed by atoms with Crippen molar-refractivity contribution in [2.75, 3.05) is 18.6 Å². The number of nitrogens with one attached hydrogen (secondary N) is 1. The molecule has 0 spiro atoms. The van der Waals surface area contributed by atoms with Gasteiger partial charge in [-0.1, -0.05) is 34.1 Å². The number of allylic oxidation sites excluding steroid dienone is 1. The van der Waals surface area contributed by atoms with E-state index in [0.717, 1.165) is 10.0 Å². The van der Waals surface area contributed by atoms with E-state index < -0.39 is 33.9 Å². The van der Waals surface area contributed by atoms with Crippen molar-refractivity contribution in [2.24, 2.45) is 0 Å². The van der Waals surface area contributed by atoms with Crippen molar-refractivity contribution >= 4 is 37.8 Å². The van der Waals surface area contributed by atoms with Gasteiger partial charge in [0.25, 0.3) is 0 Å². The molecule has 2 aliphatic rings. The summed E-state index contributed by atoms with van der Waals surface area (Å²) in [6.45, 7) is 1.65. The molecule has 2 heterocycles. The van der Waals surface area contributed by atoms with E-state index in [0.29, 0.717) is 17.7 Å². The quantitative estimate of drug-likeness (QED) is 0.723. The third-order valence-electron chi connectivity index (χ3n) is 4.72. The highest BCUT2D eigenvalue weighted by atomic mass is 79.9. The van der Waals surface area contributed by atoms with Crippen LogP contribution in [0, 0.1) is 0 Å². The Morgan fingerprint density at radius 3 is 2.62 bits per heavy atom. The molecule has 9 heteroatoms. The first kappa shape index (κ1) is 18.9. The topological polar surface area (TPSA) is 92.8 Å². The van der Waals surface area contributed by atoms with E-state index in [-0.39, 0.29) is 11.5 Å². The van der Waals surface area contributed by atoms with E-state index in [1.807, 2.05) is 18.2 Å². The van der Waals surface area contributed by atoms with Crippen LogP contribution in [0.15, 0.2) is 40.0 Å². The van der Waals surface area contributed by atoms with Crippen molar-refractivity contribution in [1.29, 1.82) is 0 Å². The zero-order valence-electron chi connectivity index (χ0n) is 14.4. The summed E-state index contributed by atoms with van der Waals surface area (Å²) in [6.07, 6.45) is 0.348. The lowest BCUT2D eigenvalue weighted by Gasteiger charge is -2.38. The molecule has 0 saturated carbocycles. The Bertz CT molecular complexity index is 896. The number of methoxy groups -OCH3 is 1. The van der Waals surface area contributed by atoms with E-state index >= 15 is 0 Å². The van der Waals surface area contributed by atoms with Gasteiger partial charge in [0, 0.05) is 10.2 Å². The van der Waals surface area contributed by atoms with E-state index in [4.69, 9.17) is 4.74 Å². The summed E-state index contributed by atoms with van der Waals surface area (Å²) < 4.78 is 29.3. The van der Waals surface area contributed by atoms with Crippen molar-refractivity contribution < 1.29 is 22.7 Å². The van der Waals surface area contributed by atoms with Gasteiger partial charge in [0.1, 0.15) is 0 Å². The number of halogens is 1. The Hall–Kier alpha value is -1.87. The molecule has 7 nitrogen and oxygen atoms in total. The summed E-state index contributed by atoms with van der Waals surface area (Å²) in [5.74, 6) is -0.629. The average Bonchev–Trinajstić information content (AvgIpc) is 2.93. The van der Waals surface area contributed by atoms with E-state index in [1.54, 1.807) is 13.0 Å². The molecule has 0 bridgehead atoms. The number of benzene rings is 1. The largest absolute Gasteiger partial charge is 0.466 e. The average molecular weight is 443 g/mol. The maximum Gasteiger partial charge on any atom is 0.337 e. The maximum atomic E-state index is 12.8. The Morgan fingerprint density at radius 1 is 1.35 bits per heavy atom. The third-order valence-corrected chi connectivity index (χ3v) is 7.19. The number of carbonyl (C=O) groups excluding carboxylic acids is 2. The minimum absolute atomic E-state index is 0.0376. The molecule has 1 N–H and O–H groups in total. The van der Waals surface area contributed by atoms with Gasteiger partial charge in [-0.2, -0.15) is 0 Å². The van der Waals surface area contributed by atoms with Crippen LogP contribution in [0.3, 0.4) is 0 Å². The fourth-order valence-electron chi connectivity index (χ4n) is 3.49. The summed E-state index contributed by atoms with van der Waals surface area (Å²) in [4.78, 5) is 26.6. The van der Waals surface area contributed by atoms with Gasteiger partial charge in [0.15, 0.2) is 9.84 Å². The zero-order valence-corrected chi connectivity index (χ0v) is 16.8. The number of esters is 1. The summed E-state index contributed by atoms with van der Waals surface area (Å²) in [5, 5.41) is 2.83. The molecule has 1 fully saturated rings. The molecule has 140 valence electrons. The minimum Gasteiger partial charge on any atom is -0.466 e. The molecule has 0 radical (unpaired) electrons. The fraction of sp³-hybridized carbons (Fsp3) is 0.412. The number of urea groups is 1. The summed E-state index contributed by atoms with van der Waals surface area (Å²) in [5.41, 5.74) is 1.44. The van der Waals surface area contributed by atoms with Gasteiger partial charge in [-0.05, 0) is 25.0 Å². The predicted molar refractivity (Wildman–Crippen MR) is 99.0 cm³/mol. The molecule has 26 heavy (non-hydrogen) atoms. The molecule has 3 rings (SSSR count). The molecule has 1 aromatic rings. The highest BCUT2D eigenvalue weighted by Gasteiger charge is 2.42. The molecule has 0 aromatic heterocycles. The Balaban J connectivity index is 2.09. The van der Waals surface area contributed by atoms with Crippen molar-refractivity contribution in [3.05, 3.63) is 45.6 Å². The Labute approximate surface area is 160 Å². The number of hydrogen-bond acceptors (Lipinski definition) is 5. The second kappa shape index (κ2) is 7.03. The van der Waals surface area contributed by atoms with E-state index in [1.165, 1.54) is 12.0 Å². The van der Waals surface area contributed by atoms with Crippen LogP contribution in [-0.2, 0) is 19.4 Å². The predicted octanol–water partition coefficient (Wildman–Crippen LogP) is 2.15. The van der Waals surface area contributed by atoms with Crippen molar-refractivity contribution in [1.82, 2.24) is 10.2 Å². The summed E-state index contributed by atoms with van der Waals surface area (Å²) >= 11 is 3.45. The highest BCUT2D eigenvalue weighted by Crippen LogP contribution is 2.36. The van der Waals surface area contributed by atoms with Crippen molar-refractivity contribution in [3.8, 4) is 0 Å². The number of ether oxygens (including phenoxy) is 1. The zero-order chi connectivity index (χ0) is 19.1. The highest BCUT2D eigenvalue weighted by molar-refractivity contribution is 9.10. The van der Waals surface area contributed by atoms with E-state index in [9.17, 15) is 18.0 Å². The van der Waals surface area contributed by atoms with Gasteiger partial charge in [0.05, 0.1) is 36.3 Å². The van der Waals surface area contributed by atoms with Gasteiger partial charge in [-0.3, -0.25) is 4.90 Å². The van der Waals surface area contributed by atoms with E-state index in [2.05, 4.69) is 21.2 Å². The van der Waals surface area contributed by atoms with Crippen molar-refractivity contribution in [3.63, 3.8) is 0 Å². The standard InChI is InChI=1S/C17H19BrN2O5S/c1-10-14(16(21)25-2)15(12-5-3-4-6-13(12)18)19-17(22)20(10)11-7-8-26(23,24)9-11/h3-6,11,15H,7-9H2,1-2H3,(H,19,22)/t11-,15-/m1/s1. The first-order chi connectivity index (χ1) is 12.2. The Morgan fingerprint density at radius 2 is 2.04 bits per heavy atom. The number of hydrogen-bond donors (Lipinski definition) is 1. The van der Waals surface area contributed by atoms with Gasteiger partial charge >= 0.3 is 12.0 Å². The molecule has 0 unspecified atom stereocenters. The smallest absolute Gasteiger partial charge is 0.337 e. The fourth-order valence-corrected chi connectivity index (χ4v) is 5.71. The molecular formula is C17H19BrN2O5S. The van der Waals surface area contributed by atoms with Gasteiger partial charge in [-0.15, -0.1) is 0 Å². The number of sulfone groups is 1. The van der Waals surface area contributed by atoms with Crippen LogP contribution in [0.5, 0.6) is 0 Å². The van der Waals surface area contributed by atoms with Crippen LogP contribution in [0.2, 0.25) is 0 Å². The van der Waals surface area contributed by atoms with Crippen LogP contribution >= 0.6 is 15.9 Å². The number of amides is 2. The van der Waals surface area contributed by atoms with Crippen molar-refractivity contribution in [2.45, 2.75) is 25.4 Å². The van der Waals surface area contributed by atoms with Gasteiger partial charge in [0.2, 0.25) is 0 Å². The Kier molecular flexibility index (Phi) is 5.12. The lowest BCUT2D eigenvalue weighted by Crippen LogP contribution is -2.52. The lowest BCUT2D eigenvalue weighted by molar-refractivity contribution is -0.136. The normalized spacial score (nSPS) is 25.2. The lowest BCUT2D eigenvalue weighted by atomic mass is 9.94. The molecule has 0 aliphatic carbocycles. The monoisotopic (exact) mass is 442 g/mol. The first-order valence-corrected chi connectivity index (χ1v) is 10.7. The van der Waals surface area contributed by atoms with Crippen LogP contribution in [0.1, 0.15) is 24.9 Å². The number of carbonyl (C=O) groups is 2. The van der Waals surface area contributed by atoms with Crippen LogP contribution in [-0.4, -0.2) is 50.0 Å².